The summed E-state index contributed by atoms with van der Waals surface area (Å²) in [5, 5.41) is 30.5. The molecule has 0 radical (unpaired) electrons. The van der Waals surface area contributed by atoms with E-state index in [-0.39, 0.29) is 29.5 Å². The van der Waals surface area contributed by atoms with Gasteiger partial charge in [-0.25, -0.2) is 0 Å². The van der Waals surface area contributed by atoms with Crippen LogP contribution in [0.15, 0.2) is 0 Å². The Morgan fingerprint density at radius 1 is 1.00 bits per heavy atom. The second-order valence-corrected chi connectivity index (χ2v) is 11.4. The van der Waals surface area contributed by atoms with E-state index in [1.54, 1.807) is 0 Å². The molecule has 4 nitrogen and oxygen atoms in total. The van der Waals surface area contributed by atoms with Crippen LogP contribution in [0.4, 0.5) is 0 Å². The van der Waals surface area contributed by atoms with Crippen molar-refractivity contribution in [1.82, 2.24) is 0 Å². The average molecular weight is 393 g/mol. The second kappa shape index (κ2) is 7.27. The van der Waals surface area contributed by atoms with E-state index in [1.165, 1.54) is 25.7 Å². The van der Waals surface area contributed by atoms with Crippen LogP contribution in [-0.4, -0.2) is 33.5 Å². The molecule has 0 amide bonds. The van der Waals surface area contributed by atoms with E-state index in [9.17, 15) is 15.0 Å². The molecule has 4 rings (SSSR count). The van der Waals surface area contributed by atoms with E-state index in [1.807, 2.05) is 0 Å². The normalized spacial score (nSPS) is 51.7. The standard InChI is InChI=1S/C24H40O4/c1-14(4-7-21(27)28)17-5-6-18-22-19(9-11-24(17,18)3)23(2)10-8-16(25)12-15(23)13-20(22)26/h14-20,22,25-26H,4-13H2,1-3H3,(H,27,28)/t14?,15-,16+,17?,18-,19-,20-,22-,23-,24+/m0/s1. The Bertz CT molecular complexity index is 605. The molecule has 2 unspecified atom stereocenters. The van der Waals surface area contributed by atoms with Crippen molar-refractivity contribution < 1.29 is 20.1 Å². The number of hydrogen-bond donors (Lipinski definition) is 3. The van der Waals surface area contributed by atoms with Gasteiger partial charge < -0.3 is 15.3 Å². The van der Waals surface area contributed by atoms with Crippen LogP contribution in [0.2, 0.25) is 0 Å². The largest absolute Gasteiger partial charge is 0.481 e. The van der Waals surface area contributed by atoms with Crippen LogP contribution in [0.25, 0.3) is 0 Å². The van der Waals surface area contributed by atoms with Crippen molar-refractivity contribution in [2.24, 2.45) is 46.3 Å². The Balaban J connectivity index is 1.55. The third-order valence-electron chi connectivity index (χ3n) is 10.2. The minimum atomic E-state index is -0.684. The summed E-state index contributed by atoms with van der Waals surface area (Å²) in [6, 6.07) is 0. The predicted octanol–water partition coefficient (Wildman–Crippen LogP) is 4.48. The van der Waals surface area contributed by atoms with Gasteiger partial charge in [-0.3, -0.25) is 4.79 Å². The van der Waals surface area contributed by atoms with Crippen LogP contribution in [0, 0.1) is 46.3 Å². The van der Waals surface area contributed by atoms with Crippen molar-refractivity contribution in [2.45, 2.75) is 97.2 Å². The monoisotopic (exact) mass is 392 g/mol. The number of fused-ring (bicyclic) bond motifs is 5. The van der Waals surface area contributed by atoms with Gasteiger partial charge in [0.15, 0.2) is 0 Å². The van der Waals surface area contributed by atoms with Gasteiger partial charge in [-0.2, -0.15) is 0 Å². The van der Waals surface area contributed by atoms with Crippen LogP contribution in [0.3, 0.4) is 0 Å². The number of hydrogen-bond acceptors (Lipinski definition) is 3. The molecule has 28 heavy (non-hydrogen) atoms. The summed E-state index contributed by atoms with van der Waals surface area (Å²) in [6.45, 7) is 7.16. The number of aliphatic carboxylic acids is 1. The first-order valence-electron chi connectivity index (χ1n) is 11.7. The van der Waals surface area contributed by atoms with Gasteiger partial charge in [-0.05, 0) is 104 Å². The highest BCUT2D eigenvalue weighted by molar-refractivity contribution is 5.66. The SMILES string of the molecule is CC(CCC(=O)O)C1CC[C@H]2[C@@H]3[C@@H](O)C[C@@H]4C[C@H](O)CC[C@]4(C)[C@H]3CC[C@]12C. The second-order valence-electron chi connectivity index (χ2n) is 11.4. The highest BCUT2D eigenvalue weighted by Gasteiger charge is 2.62. The maximum atomic E-state index is 11.2. The van der Waals surface area contributed by atoms with Gasteiger partial charge in [0.25, 0.3) is 0 Å². The Morgan fingerprint density at radius 2 is 1.68 bits per heavy atom. The molecule has 4 fully saturated rings. The molecule has 0 aliphatic heterocycles. The third-order valence-corrected chi connectivity index (χ3v) is 10.2. The highest BCUT2D eigenvalue weighted by Crippen LogP contribution is 2.68. The lowest BCUT2D eigenvalue weighted by molar-refractivity contribution is -0.174. The average Bonchev–Trinajstić information content (AvgIpc) is 2.98. The van der Waals surface area contributed by atoms with Crippen LogP contribution in [0.5, 0.6) is 0 Å². The number of aliphatic hydroxyl groups excluding tert-OH is 2. The summed E-state index contributed by atoms with van der Waals surface area (Å²) >= 11 is 0. The molecule has 0 heterocycles. The van der Waals surface area contributed by atoms with Gasteiger partial charge in [0.2, 0.25) is 0 Å². The molecule has 0 spiro atoms. The number of carboxylic acids is 1. The molecule has 0 aromatic rings. The van der Waals surface area contributed by atoms with Crippen molar-refractivity contribution in [2.75, 3.05) is 0 Å². The lowest BCUT2D eigenvalue weighted by atomic mass is 9.43. The number of aliphatic hydroxyl groups is 2. The van der Waals surface area contributed by atoms with Gasteiger partial charge in [0, 0.05) is 6.42 Å². The Morgan fingerprint density at radius 3 is 2.39 bits per heavy atom. The van der Waals surface area contributed by atoms with Crippen molar-refractivity contribution in [3.8, 4) is 0 Å². The van der Waals surface area contributed by atoms with Gasteiger partial charge in [0.1, 0.15) is 0 Å². The minimum absolute atomic E-state index is 0.179. The van der Waals surface area contributed by atoms with Gasteiger partial charge in [-0.1, -0.05) is 20.8 Å². The Hall–Kier alpha value is -0.610. The van der Waals surface area contributed by atoms with E-state index in [2.05, 4.69) is 20.8 Å². The molecule has 3 N–H and O–H groups in total. The first-order valence-corrected chi connectivity index (χ1v) is 11.7. The fraction of sp³-hybridized carbons (Fsp3) is 0.958. The molecule has 4 saturated carbocycles. The van der Waals surface area contributed by atoms with Gasteiger partial charge >= 0.3 is 5.97 Å². The molecule has 4 heteroatoms. The fourth-order valence-electron chi connectivity index (χ4n) is 8.73. The summed E-state index contributed by atoms with van der Waals surface area (Å²) in [7, 11) is 0. The van der Waals surface area contributed by atoms with Crippen molar-refractivity contribution in [1.29, 1.82) is 0 Å². The highest BCUT2D eigenvalue weighted by atomic mass is 16.4. The Labute approximate surface area is 170 Å². The van der Waals surface area contributed by atoms with E-state index in [4.69, 9.17) is 5.11 Å². The maximum absolute atomic E-state index is 11.2. The van der Waals surface area contributed by atoms with Crippen LogP contribution < -0.4 is 0 Å². The summed E-state index contributed by atoms with van der Waals surface area (Å²) in [6.07, 6.45) is 9.19. The summed E-state index contributed by atoms with van der Waals surface area (Å²) in [5.74, 6) is 2.36. The van der Waals surface area contributed by atoms with Crippen LogP contribution in [0.1, 0.15) is 85.0 Å². The number of carbonyl (C=O) groups is 1. The smallest absolute Gasteiger partial charge is 0.303 e. The minimum Gasteiger partial charge on any atom is -0.481 e. The molecular weight excluding hydrogens is 352 g/mol. The number of carboxylic acid groups (broad SMARTS) is 1. The zero-order valence-corrected chi connectivity index (χ0v) is 17.9. The molecule has 160 valence electrons. The van der Waals surface area contributed by atoms with Crippen molar-refractivity contribution in [3.63, 3.8) is 0 Å². The van der Waals surface area contributed by atoms with Crippen molar-refractivity contribution in [3.05, 3.63) is 0 Å². The Kier molecular flexibility index (Phi) is 5.36. The predicted molar refractivity (Wildman–Crippen MR) is 109 cm³/mol. The lowest BCUT2D eigenvalue weighted by Gasteiger charge is -2.62. The van der Waals surface area contributed by atoms with Gasteiger partial charge in [-0.15, -0.1) is 0 Å². The van der Waals surface area contributed by atoms with Crippen LogP contribution >= 0.6 is 0 Å². The fourth-order valence-corrected chi connectivity index (χ4v) is 8.73. The molecular formula is C24H40O4. The maximum Gasteiger partial charge on any atom is 0.303 e. The molecule has 0 bridgehead atoms. The third kappa shape index (κ3) is 3.14. The molecule has 0 aromatic heterocycles. The quantitative estimate of drug-likeness (QED) is 0.659. The summed E-state index contributed by atoms with van der Waals surface area (Å²) < 4.78 is 0. The van der Waals surface area contributed by atoms with E-state index in [0.717, 1.165) is 32.1 Å². The molecule has 0 saturated heterocycles. The summed E-state index contributed by atoms with van der Waals surface area (Å²) in [4.78, 5) is 11.1. The topological polar surface area (TPSA) is 77.8 Å². The lowest BCUT2D eigenvalue weighted by Crippen LogP contribution is -2.58. The zero-order chi connectivity index (χ0) is 20.3. The molecule has 4 aliphatic rings. The van der Waals surface area contributed by atoms with E-state index in [0.29, 0.717) is 35.5 Å². The zero-order valence-electron chi connectivity index (χ0n) is 17.9. The van der Waals surface area contributed by atoms with Gasteiger partial charge in [0.05, 0.1) is 12.2 Å². The number of rotatable bonds is 4. The van der Waals surface area contributed by atoms with Crippen molar-refractivity contribution >= 4 is 5.97 Å². The first kappa shape index (κ1) is 20.7. The first-order chi connectivity index (χ1) is 13.2. The van der Waals surface area contributed by atoms with E-state index >= 15 is 0 Å². The molecule has 0 aromatic carbocycles. The van der Waals surface area contributed by atoms with Crippen LogP contribution in [-0.2, 0) is 4.79 Å². The molecule has 4 aliphatic carbocycles. The summed E-state index contributed by atoms with van der Waals surface area (Å²) in [5.41, 5.74) is 0.523. The molecule has 10 atom stereocenters. The van der Waals surface area contributed by atoms with E-state index < -0.39 is 5.97 Å².